The Morgan fingerprint density at radius 1 is 1.15 bits per heavy atom. The Morgan fingerprint density at radius 3 is 2.58 bits per heavy atom. The number of benzene rings is 1. The summed E-state index contributed by atoms with van der Waals surface area (Å²) in [5, 5.41) is 3.11. The van der Waals surface area contributed by atoms with Crippen molar-refractivity contribution < 1.29 is 14.3 Å². The molecule has 0 aliphatic carbocycles. The van der Waals surface area contributed by atoms with Crippen molar-refractivity contribution >= 4 is 51.3 Å². The van der Waals surface area contributed by atoms with Crippen molar-refractivity contribution in [3.05, 3.63) is 56.6 Å². The number of carbonyl (C=O) groups is 2. The first-order chi connectivity index (χ1) is 12.6. The Morgan fingerprint density at radius 2 is 1.92 bits per heavy atom. The van der Waals surface area contributed by atoms with E-state index in [0.717, 1.165) is 21.8 Å². The van der Waals surface area contributed by atoms with Crippen LogP contribution in [0.15, 0.2) is 42.5 Å². The Bertz CT molecular complexity index is 922. The minimum Gasteiger partial charge on any atom is -0.462 e. The van der Waals surface area contributed by atoms with Crippen molar-refractivity contribution in [2.45, 2.75) is 13.3 Å². The maximum atomic E-state index is 12.3. The molecule has 2 heterocycles. The summed E-state index contributed by atoms with van der Waals surface area (Å²) < 4.78 is 5.75. The fourth-order valence-electron chi connectivity index (χ4n) is 2.27. The SMILES string of the molecule is CCOC(=O)c1sc(NC(=O)Cc2ccc(Cl)s2)nc1-c1ccccc1. The number of hydrogen-bond donors (Lipinski definition) is 1. The Labute approximate surface area is 163 Å². The molecule has 2 aromatic heterocycles. The van der Waals surface area contributed by atoms with Crippen molar-refractivity contribution in [3.63, 3.8) is 0 Å². The third-order valence-corrected chi connectivity index (χ3v) is 5.53. The van der Waals surface area contributed by atoms with Gasteiger partial charge in [0.25, 0.3) is 0 Å². The molecule has 1 amide bonds. The highest BCUT2D eigenvalue weighted by Crippen LogP contribution is 2.32. The smallest absolute Gasteiger partial charge is 0.350 e. The van der Waals surface area contributed by atoms with Crippen LogP contribution in [0.25, 0.3) is 11.3 Å². The monoisotopic (exact) mass is 406 g/mol. The highest BCUT2D eigenvalue weighted by molar-refractivity contribution is 7.18. The second-order valence-corrected chi connectivity index (χ2v) is 8.01. The third-order valence-electron chi connectivity index (χ3n) is 3.35. The molecule has 0 saturated carbocycles. The van der Waals surface area contributed by atoms with Crippen LogP contribution in [0.1, 0.15) is 21.5 Å². The molecule has 0 spiro atoms. The molecule has 134 valence electrons. The van der Waals surface area contributed by atoms with Crippen LogP contribution in [-0.2, 0) is 16.0 Å². The van der Waals surface area contributed by atoms with Crippen LogP contribution in [0.3, 0.4) is 0 Å². The molecule has 1 N–H and O–H groups in total. The molecular weight excluding hydrogens is 392 g/mol. The first-order valence-electron chi connectivity index (χ1n) is 7.84. The summed E-state index contributed by atoms with van der Waals surface area (Å²) in [4.78, 5) is 30.2. The number of nitrogens with zero attached hydrogens (tertiary/aromatic N) is 1. The van der Waals surface area contributed by atoms with E-state index in [4.69, 9.17) is 16.3 Å². The summed E-state index contributed by atoms with van der Waals surface area (Å²) in [7, 11) is 0. The average Bonchev–Trinajstić information content (AvgIpc) is 3.22. The molecule has 0 atom stereocenters. The van der Waals surface area contributed by atoms with Crippen LogP contribution in [0.4, 0.5) is 5.13 Å². The van der Waals surface area contributed by atoms with E-state index in [0.29, 0.717) is 20.0 Å². The van der Waals surface area contributed by atoms with Gasteiger partial charge in [-0.05, 0) is 19.1 Å². The molecule has 0 bridgehead atoms. The van der Waals surface area contributed by atoms with Gasteiger partial charge in [0.15, 0.2) is 5.13 Å². The predicted octanol–water partition coefficient (Wildman–Crippen LogP) is 4.88. The standard InChI is InChI=1S/C18H15ClN2O3S2/c1-2-24-17(23)16-15(11-6-4-3-5-7-11)21-18(26-16)20-14(22)10-12-8-9-13(19)25-12/h3-9H,2,10H2,1H3,(H,20,21,22). The molecule has 0 saturated heterocycles. The quantitative estimate of drug-likeness (QED) is 0.592. The van der Waals surface area contributed by atoms with Gasteiger partial charge in [-0.25, -0.2) is 9.78 Å². The van der Waals surface area contributed by atoms with Crippen molar-refractivity contribution in [2.24, 2.45) is 0 Å². The summed E-state index contributed by atoms with van der Waals surface area (Å²) >= 11 is 8.35. The van der Waals surface area contributed by atoms with E-state index in [9.17, 15) is 9.59 Å². The number of halogens is 1. The number of amides is 1. The highest BCUT2D eigenvalue weighted by Gasteiger charge is 2.21. The lowest BCUT2D eigenvalue weighted by atomic mass is 10.1. The number of ether oxygens (including phenoxy) is 1. The molecule has 8 heteroatoms. The van der Waals surface area contributed by atoms with Gasteiger partial charge in [-0.3, -0.25) is 4.79 Å². The lowest BCUT2D eigenvalue weighted by Gasteiger charge is -2.01. The van der Waals surface area contributed by atoms with Crippen LogP contribution in [0.2, 0.25) is 4.34 Å². The molecule has 0 aliphatic rings. The van der Waals surface area contributed by atoms with E-state index >= 15 is 0 Å². The maximum Gasteiger partial charge on any atom is 0.350 e. The molecule has 0 radical (unpaired) electrons. The van der Waals surface area contributed by atoms with Crippen LogP contribution in [-0.4, -0.2) is 23.5 Å². The molecular formula is C18H15ClN2O3S2. The third kappa shape index (κ3) is 4.49. The second kappa shape index (κ2) is 8.44. The van der Waals surface area contributed by atoms with Gasteiger partial charge >= 0.3 is 5.97 Å². The number of aromatic nitrogens is 1. The molecule has 26 heavy (non-hydrogen) atoms. The van der Waals surface area contributed by atoms with Crippen molar-refractivity contribution in [1.29, 1.82) is 0 Å². The fraction of sp³-hybridized carbons (Fsp3) is 0.167. The normalized spacial score (nSPS) is 10.5. The molecule has 5 nitrogen and oxygen atoms in total. The van der Waals surface area contributed by atoms with Gasteiger partial charge < -0.3 is 10.1 Å². The molecule has 1 aromatic carbocycles. The zero-order valence-corrected chi connectivity index (χ0v) is 16.2. The van der Waals surface area contributed by atoms with E-state index in [1.165, 1.54) is 11.3 Å². The average molecular weight is 407 g/mol. The number of carbonyl (C=O) groups excluding carboxylic acids is 2. The van der Waals surface area contributed by atoms with E-state index in [2.05, 4.69) is 10.3 Å². The van der Waals surface area contributed by atoms with Gasteiger partial charge in [-0.15, -0.1) is 11.3 Å². The summed E-state index contributed by atoms with van der Waals surface area (Å²) in [6.45, 7) is 2.02. The Kier molecular flexibility index (Phi) is 6.03. The van der Waals surface area contributed by atoms with Gasteiger partial charge in [0, 0.05) is 10.4 Å². The minimum absolute atomic E-state index is 0.201. The van der Waals surface area contributed by atoms with Gasteiger partial charge in [-0.1, -0.05) is 53.3 Å². The summed E-state index contributed by atoms with van der Waals surface area (Å²) in [6, 6.07) is 12.9. The molecule has 0 aliphatic heterocycles. The summed E-state index contributed by atoms with van der Waals surface area (Å²) in [5.74, 6) is -0.665. The van der Waals surface area contributed by atoms with E-state index in [1.807, 2.05) is 36.4 Å². The van der Waals surface area contributed by atoms with E-state index in [-0.39, 0.29) is 18.9 Å². The number of anilines is 1. The minimum atomic E-state index is -0.450. The van der Waals surface area contributed by atoms with Gasteiger partial charge in [0.05, 0.1) is 23.1 Å². The topological polar surface area (TPSA) is 68.3 Å². The van der Waals surface area contributed by atoms with Crippen LogP contribution < -0.4 is 5.32 Å². The van der Waals surface area contributed by atoms with Gasteiger partial charge in [0.2, 0.25) is 5.91 Å². The molecule has 0 unspecified atom stereocenters. The predicted molar refractivity (Wildman–Crippen MR) is 105 cm³/mol. The zero-order chi connectivity index (χ0) is 18.5. The van der Waals surface area contributed by atoms with Crippen LogP contribution >= 0.6 is 34.3 Å². The highest BCUT2D eigenvalue weighted by atomic mass is 35.5. The number of thiazole rings is 1. The number of esters is 1. The van der Waals surface area contributed by atoms with E-state index in [1.54, 1.807) is 13.0 Å². The lowest BCUT2D eigenvalue weighted by molar-refractivity contribution is -0.115. The Hall–Kier alpha value is -2.22. The summed E-state index contributed by atoms with van der Waals surface area (Å²) in [5.41, 5.74) is 1.29. The molecule has 3 rings (SSSR count). The van der Waals surface area contributed by atoms with Gasteiger partial charge in [0.1, 0.15) is 4.88 Å². The summed E-state index contributed by atoms with van der Waals surface area (Å²) in [6.07, 6.45) is 0.201. The second-order valence-electron chi connectivity index (χ2n) is 5.21. The first-order valence-corrected chi connectivity index (χ1v) is 9.85. The largest absolute Gasteiger partial charge is 0.462 e. The van der Waals surface area contributed by atoms with Crippen molar-refractivity contribution in [2.75, 3.05) is 11.9 Å². The Balaban J connectivity index is 1.83. The van der Waals surface area contributed by atoms with E-state index < -0.39 is 5.97 Å². The van der Waals surface area contributed by atoms with Crippen LogP contribution in [0, 0.1) is 0 Å². The fourth-order valence-corrected chi connectivity index (χ4v) is 4.25. The molecule has 0 fully saturated rings. The first kappa shape index (κ1) is 18.6. The maximum absolute atomic E-state index is 12.3. The zero-order valence-electron chi connectivity index (χ0n) is 13.8. The van der Waals surface area contributed by atoms with Crippen LogP contribution in [0.5, 0.6) is 0 Å². The number of hydrogen-bond acceptors (Lipinski definition) is 6. The van der Waals surface area contributed by atoms with Crippen molar-refractivity contribution in [3.8, 4) is 11.3 Å². The number of nitrogens with one attached hydrogen (secondary N) is 1. The molecule has 3 aromatic rings. The lowest BCUT2D eigenvalue weighted by Crippen LogP contribution is -2.13. The number of thiophene rings is 1. The van der Waals surface area contributed by atoms with Gasteiger partial charge in [-0.2, -0.15) is 0 Å². The number of rotatable bonds is 6. The van der Waals surface area contributed by atoms with Crippen molar-refractivity contribution in [1.82, 2.24) is 4.98 Å².